The van der Waals surface area contributed by atoms with Crippen molar-refractivity contribution in [3.8, 4) is 62.1 Å². The zero-order valence-electron chi connectivity index (χ0n) is 31.2. The predicted molar refractivity (Wildman–Crippen MR) is 223 cm³/mol. The fourth-order valence-corrected chi connectivity index (χ4v) is 9.27. The highest BCUT2D eigenvalue weighted by molar-refractivity contribution is 6.08. The second kappa shape index (κ2) is 11.4. The molecular formula is C50H37N5. The molecule has 2 aliphatic rings. The van der Waals surface area contributed by atoms with Crippen molar-refractivity contribution in [2.75, 3.05) is 0 Å². The number of hydrogen-bond donors (Lipinski definition) is 0. The summed E-state index contributed by atoms with van der Waals surface area (Å²) in [6.45, 7) is 9.26. The molecule has 0 spiro atoms. The highest BCUT2D eigenvalue weighted by Crippen LogP contribution is 2.51. The van der Waals surface area contributed by atoms with Gasteiger partial charge in [-0.05, 0) is 87.0 Å². The first-order valence-corrected chi connectivity index (χ1v) is 19.0. The molecular weight excluding hydrogens is 671 g/mol. The molecule has 11 rings (SSSR count). The first-order chi connectivity index (χ1) is 26.8. The van der Waals surface area contributed by atoms with Gasteiger partial charge in [-0.3, -0.25) is 4.57 Å². The van der Waals surface area contributed by atoms with E-state index in [1.807, 2.05) is 30.5 Å². The standard InChI is InChI=1S/C50H37N5/c1-49(2)40-18-10-8-15-34(40)35-23-20-31(27-42(35)49)46-52-45(30-13-6-5-7-14-30)53-47(54-46)32-21-24-36-39-29-33(22-25-41(39)50(3,4)43(36)28-32)55-44-19-11-9-16-37(44)38-17-12-26-51-48(38)55/h5-29H,1-4H3. The molecule has 6 aromatic carbocycles. The molecule has 0 saturated heterocycles. The van der Waals surface area contributed by atoms with Crippen LogP contribution in [0.15, 0.2) is 152 Å². The van der Waals surface area contributed by atoms with Gasteiger partial charge in [-0.1, -0.05) is 131 Å². The minimum absolute atomic E-state index is 0.126. The minimum Gasteiger partial charge on any atom is -0.294 e. The van der Waals surface area contributed by atoms with Gasteiger partial charge in [0.1, 0.15) is 5.65 Å². The molecule has 262 valence electrons. The molecule has 0 atom stereocenters. The number of rotatable bonds is 4. The van der Waals surface area contributed by atoms with Crippen LogP contribution in [-0.2, 0) is 10.8 Å². The van der Waals surface area contributed by atoms with Crippen LogP contribution in [0.1, 0.15) is 49.9 Å². The lowest BCUT2D eigenvalue weighted by Gasteiger charge is -2.22. The second-order valence-electron chi connectivity index (χ2n) is 15.9. The van der Waals surface area contributed by atoms with Crippen molar-refractivity contribution in [2.45, 2.75) is 38.5 Å². The van der Waals surface area contributed by atoms with E-state index in [1.54, 1.807) is 0 Å². The molecule has 9 aromatic rings. The maximum absolute atomic E-state index is 5.22. The molecule has 0 radical (unpaired) electrons. The maximum atomic E-state index is 5.22. The topological polar surface area (TPSA) is 56.5 Å². The lowest BCUT2D eigenvalue weighted by molar-refractivity contribution is 0.660. The molecule has 0 N–H and O–H groups in total. The van der Waals surface area contributed by atoms with Gasteiger partial charge in [0.15, 0.2) is 17.5 Å². The van der Waals surface area contributed by atoms with Crippen molar-refractivity contribution in [3.63, 3.8) is 0 Å². The molecule has 5 nitrogen and oxygen atoms in total. The zero-order chi connectivity index (χ0) is 37.1. The van der Waals surface area contributed by atoms with E-state index in [0.717, 1.165) is 38.9 Å². The summed E-state index contributed by atoms with van der Waals surface area (Å²) in [5.41, 5.74) is 16.1. The van der Waals surface area contributed by atoms with Gasteiger partial charge in [0.25, 0.3) is 0 Å². The summed E-state index contributed by atoms with van der Waals surface area (Å²) in [6, 6.07) is 52.0. The number of pyridine rings is 1. The molecule has 3 heterocycles. The smallest absolute Gasteiger partial charge is 0.164 e. The molecule has 55 heavy (non-hydrogen) atoms. The summed E-state index contributed by atoms with van der Waals surface area (Å²) in [7, 11) is 0. The van der Waals surface area contributed by atoms with Crippen molar-refractivity contribution < 1.29 is 0 Å². The first-order valence-electron chi connectivity index (χ1n) is 19.0. The van der Waals surface area contributed by atoms with Crippen LogP contribution >= 0.6 is 0 Å². The van der Waals surface area contributed by atoms with Crippen LogP contribution in [0.25, 0.3) is 84.0 Å². The fraction of sp³-hybridized carbons (Fsp3) is 0.120. The third-order valence-corrected chi connectivity index (χ3v) is 12.1. The van der Waals surface area contributed by atoms with E-state index < -0.39 is 0 Å². The van der Waals surface area contributed by atoms with Gasteiger partial charge in [-0.25, -0.2) is 19.9 Å². The zero-order valence-corrected chi connectivity index (χ0v) is 31.2. The van der Waals surface area contributed by atoms with Crippen molar-refractivity contribution in [3.05, 3.63) is 174 Å². The van der Waals surface area contributed by atoms with Crippen LogP contribution < -0.4 is 0 Å². The highest BCUT2D eigenvalue weighted by atomic mass is 15.0. The fourth-order valence-electron chi connectivity index (χ4n) is 9.27. The first kappa shape index (κ1) is 31.8. The van der Waals surface area contributed by atoms with Gasteiger partial charge < -0.3 is 0 Å². The van der Waals surface area contributed by atoms with E-state index in [1.165, 1.54) is 49.9 Å². The summed E-state index contributed by atoms with van der Waals surface area (Å²) in [5.74, 6) is 2.00. The summed E-state index contributed by atoms with van der Waals surface area (Å²) in [4.78, 5) is 20.3. The van der Waals surface area contributed by atoms with Crippen molar-refractivity contribution in [1.82, 2.24) is 24.5 Å². The number of para-hydroxylation sites is 1. The van der Waals surface area contributed by atoms with Crippen molar-refractivity contribution >= 4 is 21.9 Å². The van der Waals surface area contributed by atoms with Crippen LogP contribution in [0.5, 0.6) is 0 Å². The Morgan fingerprint density at radius 3 is 1.71 bits per heavy atom. The average molecular weight is 708 g/mol. The molecule has 0 fully saturated rings. The molecule has 0 saturated carbocycles. The van der Waals surface area contributed by atoms with Gasteiger partial charge in [0.2, 0.25) is 0 Å². The van der Waals surface area contributed by atoms with E-state index in [0.29, 0.717) is 17.5 Å². The largest absolute Gasteiger partial charge is 0.294 e. The Bertz CT molecular complexity index is 2990. The molecule has 3 aromatic heterocycles. The Morgan fingerprint density at radius 2 is 0.982 bits per heavy atom. The van der Waals surface area contributed by atoms with Crippen LogP contribution in [0.2, 0.25) is 0 Å². The van der Waals surface area contributed by atoms with Gasteiger partial charge >= 0.3 is 0 Å². The molecule has 0 unspecified atom stereocenters. The minimum atomic E-state index is -0.225. The van der Waals surface area contributed by atoms with E-state index in [2.05, 4.69) is 154 Å². The Balaban J connectivity index is 1.05. The molecule has 5 heteroatoms. The SMILES string of the molecule is CC1(C)c2ccccc2-c2ccc(-c3nc(-c4ccccc4)nc(-c4ccc5c(c4)C(C)(C)c4ccc(-n6c7ccccc7c7cccnc76)cc4-5)n3)cc21. The Hall–Kier alpha value is -6.72. The summed E-state index contributed by atoms with van der Waals surface area (Å²) in [6.07, 6.45) is 1.88. The maximum Gasteiger partial charge on any atom is 0.164 e. The van der Waals surface area contributed by atoms with E-state index in [9.17, 15) is 0 Å². The van der Waals surface area contributed by atoms with E-state index in [4.69, 9.17) is 19.9 Å². The predicted octanol–water partition coefficient (Wildman–Crippen LogP) is 12.0. The normalized spacial score (nSPS) is 14.5. The van der Waals surface area contributed by atoms with E-state index in [-0.39, 0.29) is 10.8 Å². The van der Waals surface area contributed by atoms with Gasteiger partial charge in [0, 0.05) is 50.2 Å². The van der Waals surface area contributed by atoms with Gasteiger partial charge in [-0.2, -0.15) is 0 Å². The Kier molecular flexibility index (Phi) is 6.58. The Labute approximate surface area is 320 Å². The van der Waals surface area contributed by atoms with Gasteiger partial charge in [-0.15, -0.1) is 0 Å². The third kappa shape index (κ3) is 4.59. The summed E-state index contributed by atoms with van der Waals surface area (Å²) < 4.78 is 2.29. The van der Waals surface area contributed by atoms with Crippen LogP contribution in [-0.4, -0.2) is 24.5 Å². The number of nitrogens with zero attached hydrogens (tertiary/aromatic N) is 5. The number of aromatic nitrogens is 5. The number of fused-ring (bicyclic) bond motifs is 9. The Morgan fingerprint density at radius 1 is 0.418 bits per heavy atom. The second-order valence-corrected chi connectivity index (χ2v) is 15.9. The highest BCUT2D eigenvalue weighted by Gasteiger charge is 2.37. The molecule has 0 amide bonds. The quantitative estimate of drug-likeness (QED) is 0.183. The van der Waals surface area contributed by atoms with Crippen molar-refractivity contribution in [1.29, 1.82) is 0 Å². The average Bonchev–Trinajstić information content (AvgIpc) is 3.77. The monoisotopic (exact) mass is 707 g/mol. The lowest BCUT2D eigenvalue weighted by Crippen LogP contribution is -2.15. The van der Waals surface area contributed by atoms with Gasteiger partial charge in [0.05, 0.1) is 5.52 Å². The summed E-state index contributed by atoms with van der Waals surface area (Å²) >= 11 is 0. The summed E-state index contributed by atoms with van der Waals surface area (Å²) in [5, 5.41) is 2.36. The van der Waals surface area contributed by atoms with Crippen LogP contribution in [0.3, 0.4) is 0 Å². The van der Waals surface area contributed by atoms with Crippen molar-refractivity contribution in [2.24, 2.45) is 0 Å². The van der Waals surface area contributed by atoms with E-state index >= 15 is 0 Å². The third-order valence-electron chi connectivity index (χ3n) is 12.1. The molecule has 2 aliphatic carbocycles. The number of benzene rings is 6. The van der Waals surface area contributed by atoms with Crippen LogP contribution in [0.4, 0.5) is 0 Å². The molecule has 0 aliphatic heterocycles. The lowest BCUT2D eigenvalue weighted by atomic mass is 9.82. The molecule has 0 bridgehead atoms. The number of hydrogen-bond acceptors (Lipinski definition) is 4. The van der Waals surface area contributed by atoms with Crippen LogP contribution in [0, 0.1) is 0 Å².